The molecule has 1 aromatic heterocycles. The van der Waals surface area contributed by atoms with E-state index in [2.05, 4.69) is 10.5 Å². The van der Waals surface area contributed by atoms with Gasteiger partial charge in [0.1, 0.15) is 5.69 Å². The molecule has 0 unspecified atom stereocenters. The van der Waals surface area contributed by atoms with Gasteiger partial charge in [-0.2, -0.15) is 0 Å². The predicted octanol–water partition coefficient (Wildman–Crippen LogP) is 4.99. The maximum atomic E-state index is 12.6. The normalized spacial score (nSPS) is 10.8. The largest absolute Gasteiger partial charge is 0.356 e. The fourth-order valence-corrected chi connectivity index (χ4v) is 3.26. The van der Waals surface area contributed by atoms with E-state index in [1.165, 1.54) is 6.07 Å². The van der Waals surface area contributed by atoms with Gasteiger partial charge in [0, 0.05) is 23.3 Å². The summed E-state index contributed by atoms with van der Waals surface area (Å²) in [5, 5.41) is 19.7. The Balaban J connectivity index is 1.54. The first-order chi connectivity index (χ1) is 14.0. The first-order valence-corrected chi connectivity index (χ1v) is 9.06. The van der Waals surface area contributed by atoms with E-state index in [1.54, 1.807) is 48.5 Å². The number of fused-ring (bicyclic) bond motifs is 1. The van der Waals surface area contributed by atoms with E-state index in [0.717, 1.165) is 0 Å². The van der Waals surface area contributed by atoms with E-state index in [4.69, 9.17) is 16.1 Å². The van der Waals surface area contributed by atoms with Crippen LogP contribution in [0.4, 0.5) is 5.69 Å². The molecule has 7 nitrogen and oxygen atoms in total. The fourth-order valence-electron chi connectivity index (χ4n) is 3.03. The van der Waals surface area contributed by atoms with Crippen LogP contribution in [0, 0.1) is 10.1 Å². The van der Waals surface area contributed by atoms with Gasteiger partial charge in [-0.25, -0.2) is 0 Å². The molecule has 0 aliphatic heterocycles. The number of non-ortho nitro benzene ring substituents is 1. The van der Waals surface area contributed by atoms with Gasteiger partial charge >= 0.3 is 0 Å². The lowest BCUT2D eigenvalue weighted by Gasteiger charge is -2.06. The summed E-state index contributed by atoms with van der Waals surface area (Å²) < 4.78 is 5.30. The molecular formula is C21H14ClN3O4. The molecule has 0 aliphatic rings. The number of aromatic nitrogens is 1. The topological polar surface area (TPSA) is 98.3 Å². The zero-order valence-electron chi connectivity index (χ0n) is 15.0. The van der Waals surface area contributed by atoms with Gasteiger partial charge in [-0.15, -0.1) is 0 Å². The Kier molecular flexibility index (Phi) is 4.97. The SMILES string of the molecule is O=C(NCc1cc(-c2ccccc2Cl)on1)c1cc([N+](=O)[O-])c2ccccc2c1. The van der Waals surface area contributed by atoms with Crippen molar-refractivity contribution in [3.05, 3.63) is 93.1 Å². The van der Waals surface area contributed by atoms with E-state index in [9.17, 15) is 14.9 Å². The Labute approximate surface area is 170 Å². The summed E-state index contributed by atoms with van der Waals surface area (Å²) in [5.74, 6) is 0.0438. The average Bonchev–Trinajstić information content (AvgIpc) is 3.20. The number of halogens is 1. The molecule has 0 bridgehead atoms. The third-order valence-corrected chi connectivity index (χ3v) is 4.76. The molecule has 0 aliphatic carbocycles. The molecule has 1 N–H and O–H groups in total. The summed E-state index contributed by atoms with van der Waals surface area (Å²) in [7, 11) is 0. The number of amides is 1. The number of nitrogens with zero attached hydrogens (tertiary/aromatic N) is 2. The molecule has 1 heterocycles. The highest BCUT2D eigenvalue weighted by Gasteiger charge is 2.17. The summed E-state index contributed by atoms with van der Waals surface area (Å²) in [6.07, 6.45) is 0. The van der Waals surface area contributed by atoms with Gasteiger partial charge in [0.25, 0.3) is 11.6 Å². The number of carbonyl (C=O) groups excluding carboxylic acids is 1. The maximum Gasteiger partial charge on any atom is 0.277 e. The number of nitro groups is 1. The molecule has 144 valence electrons. The third kappa shape index (κ3) is 3.81. The van der Waals surface area contributed by atoms with Gasteiger partial charge < -0.3 is 9.84 Å². The summed E-state index contributed by atoms with van der Waals surface area (Å²) in [5.41, 5.74) is 1.29. The molecule has 4 rings (SSSR count). The van der Waals surface area contributed by atoms with Crippen LogP contribution < -0.4 is 5.32 Å². The van der Waals surface area contributed by atoms with Crippen LogP contribution in [0.15, 0.2) is 71.3 Å². The molecule has 0 fully saturated rings. The second-order valence-electron chi connectivity index (χ2n) is 6.32. The molecule has 4 aromatic rings. The van der Waals surface area contributed by atoms with Crippen molar-refractivity contribution in [2.45, 2.75) is 6.54 Å². The van der Waals surface area contributed by atoms with Crippen molar-refractivity contribution in [1.82, 2.24) is 10.5 Å². The van der Waals surface area contributed by atoms with Crippen molar-refractivity contribution in [1.29, 1.82) is 0 Å². The van der Waals surface area contributed by atoms with Gasteiger partial charge in [0.2, 0.25) is 0 Å². The van der Waals surface area contributed by atoms with Crippen LogP contribution in [0.3, 0.4) is 0 Å². The minimum Gasteiger partial charge on any atom is -0.356 e. The summed E-state index contributed by atoms with van der Waals surface area (Å²) >= 11 is 6.15. The van der Waals surface area contributed by atoms with Crippen molar-refractivity contribution in [2.24, 2.45) is 0 Å². The smallest absolute Gasteiger partial charge is 0.277 e. The van der Waals surface area contributed by atoms with Crippen molar-refractivity contribution in [3.8, 4) is 11.3 Å². The van der Waals surface area contributed by atoms with Crippen molar-refractivity contribution in [3.63, 3.8) is 0 Å². The van der Waals surface area contributed by atoms with Crippen LogP contribution in [0.5, 0.6) is 0 Å². The Hall–Kier alpha value is -3.71. The second-order valence-corrected chi connectivity index (χ2v) is 6.73. The molecule has 0 spiro atoms. The molecule has 3 aromatic carbocycles. The molecule has 1 amide bonds. The van der Waals surface area contributed by atoms with Gasteiger partial charge in [-0.3, -0.25) is 14.9 Å². The van der Waals surface area contributed by atoms with Crippen molar-refractivity contribution < 1.29 is 14.2 Å². The lowest BCUT2D eigenvalue weighted by molar-refractivity contribution is -0.383. The number of hydrogen-bond acceptors (Lipinski definition) is 5. The molecule has 0 atom stereocenters. The zero-order valence-corrected chi connectivity index (χ0v) is 15.7. The fraction of sp³-hybridized carbons (Fsp3) is 0.0476. The molecule has 0 saturated carbocycles. The quantitative estimate of drug-likeness (QED) is 0.371. The predicted molar refractivity (Wildman–Crippen MR) is 109 cm³/mol. The van der Waals surface area contributed by atoms with E-state index in [-0.39, 0.29) is 17.8 Å². The highest BCUT2D eigenvalue weighted by molar-refractivity contribution is 6.33. The second kappa shape index (κ2) is 7.73. The number of nitrogens with one attached hydrogen (secondary N) is 1. The Morgan fingerprint density at radius 2 is 1.86 bits per heavy atom. The molecule has 29 heavy (non-hydrogen) atoms. The summed E-state index contributed by atoms with van der Waals surface area (Å²) in [4.78, 5) is 23.4. The van der Waals surface area contributed by atoms with Crippen molar-refractivity contribution in [2.75, 3.05) is 0 Å². The van der Waals surface area contributed by atoms with Gasteiger partial charge in [0.15, 0.2) is 5.76 Å². The Morgan fingerprint density at radius 1 is 1.10 bits per heavy atom. The van der Waals surface area contributed by atoms with Crippen LogP contribution in [-0.4, -0.2) is 16.0 Å². The summed E-state index contributed by atoms with van der Waals surface area (Å²) in [6, 6.07) is 18.6. The monoisotopic (exact) mass is 407 g/mol. The first-order valence-electron chi connectivity index (χ1n) is 8.69. The third-order valence-electron chi connectivity index (χ3n) is 4.43. The lowest BCUT2D eigenvalue weighted by atomic mass is 10.0. The van der Waals surface area contributed by atoms with Crippen molar-refractivity contribution >= 4 is 34.0 Å². The van der Waals surface area contributed by atoms with Crippen LogP contribution in [0.25, 0.3) is 22.1 Å². The number of benzene rings is 3. The van der Waals surface area contributed by atoms with Gasteiger partial charge in [-0.05, 0) is 29.7 Å². The van der Waals surface area contributed by atoms with Crippen LogP contribution >= 0.6 is 11.6 Å². The first kappa shape index (κ1) is 18.6. The highest BCUT2D eigenvalue weighted by atomic mass is 35.5. The standard InChI is InChI=1S/C21H14ClN3O4/c22-18-8-4-3-7-17(18)20-11-15(24-29-20)12-23-21(26)14-9-13-5-1-2-6-16(13)19(10-14)25(27)28/h1-11H,12H2,(H,23,26). The van der Waals surface area contributed by atoms with Gasteiger partial charge in [-0.1, -0.05) is 47.1 Å². The zero-order chi connectivity index (χ0) is 20.4. The highest BCUT2D eigenvalue weighted by Crippen LogP contribution is 2.29. The van der Waals surface area contributed by atoms with Crippen LogP contribution in [-0.2, 0) is 6.54 Å². The van der Waals surface area contributed by atoms with Crippen LogP contribution in [0.2, 0.25) is 5.02 Å². The van der Waals surface area contributed by atoms with E-state index < -0.39 is 10.8 Å². The maximum absolute atomic E-state index is 12.6. The molecule has 8 heteroatoms. The number of rotatable bonds is 5. The molecule has 0 saturated heterocycles. The van der Waals surface area contributed by atoms with E-state index in [0.29, 0.717) is 32.8 Å². The number of nitro benzene ring substituents is 1. The molecule has 0 radical (unpaired) electrons. The Morgan fingerprint density at radius 3 is 2.66 bits per heavy atom. The van der Waals surface area contributed by atoms with E-state index >= 15 is 0 Å². The minimum atomic E-state index is -0.493. The Bertz CT molecular complexity index is 1240. The molecular weight excluding hydrogens is 394 g/mol. The minimum absolute atomic E-state index is 0.105. The van der Waals surface area contributed by atoms with Crippen LogP contribution in [0.1, 0.15) is 16.1 Å². The number of hydrogen-bond donors (Lipinski definition) is 1. The number of carbonyl (C=O) groups is 1. The van der Waals surface area contributed by atoms with E-state index in [1.807, 2.05) is 12.1 Å². The summed E-state index contributed by atoms with van der Waals surface area (Å²) in [6.45, 7) is 0.105. The van der Waals surface area contributed by atoms with Gasteiger partial charge in [0.05, 0.1) is 21.9 Å². The lowest BCUT2D eigenvalue weighted by Crippen LogP contribution is -2.23. The average molecular weight is 408 g/mol.